The van der Waals surface area contributed by atoms with Gasteiger partial charge in [0.05, 0.1) is 13.1 Å². The quantitative estimate of drug-likeness (QED) is 0.277. The van der Waals surface area contributed by atoms with Gasteiger partial charge in [0.2, 0.25) is 11.8 Å². The van der Waals surface area contributed by atoms with Crippen LogP contribution in [0.4, 0.5) is 14.0 Å². The van der Waals surface area contributed by atoms with Gasteiger partial charge in [-0.1, -0.05) is 49.3 Å². The lowest BCUT2D eigenvalue weighted by Crippen LogP contribution is -2.58. The average Bonchev–Trinajstić information content (AvgIpc) is 3.40. The SMILES string of the molecule is Cc1ccc(C)c(ONC(=O)[C@@]23C[C@H]2C=CCCCCC[C@H](NC(=O)OC(C)(C)C)C(=O)N2C[C@H](OC(=O)N4Cc5cccc(F)c5C4)C[C@H]2C(=O)N3)c1. The number of aryl methyl sites for hydroxylation is 2. The van der Waals surface area contributed by atoms with Crippen molar-refractivity contribution in [3.63, 3.8) is 0 Å². The maximum Gasteiger partial charge on any atom is 0.410 e. The van der Waals surface area contributed by atoms with E-state index in [-0.39, 0.29) is 32.0 Å². The zero-order valence-electron chi connectivity index (χ0n) is 31.5. The van der Waals surface area contributed by atoms with E-state index >= 15 is 0 Å². The first kappa shape index (κ1) is 38.6. The van der Waals surface area contributed by atoms with Crippen molar-refractivity contribution in [2.75, 3.05) is 6.54 Å². The van der Waals surface area contributed by atoms with Crippen LogP contribution in [0, 0.1) is 25.6 Å². The molecule has 1 aliphatic carbocycles. The molecule has 2 fully saturated rings. The summed E-state index contributed by atoms with van der Waals surface area (Å²) in [6, 6.07) is 8.11. The van der Waals surface area contributed by atoms with Crippen LogP contribution >= 0.6 is 0 Å². The Bertz CT molecular complexity index is 1830. The van der Waals surface area contributed by atoms with Crippen molar-refractivity contribution in [1.82, 2.24) is 25.9 Å². The third-order valence-electron chi connectivity index (χ3n) is 10.4. The second-order valence-corrected chi connectivity index (χ2v) is 15.8. The fourth-order valence-corrected chi connectivity index (χ4v) is 7.35. The Morgan fingerprint density at radius 2 is 1.83 bits per heavy atom. The van der Waals surface area contributed by atoms with Crippen molar-refractivity contribution in [3.05, 3.63) is 76.6 Å². The average molecular weight is 748 g/mol. The summed E-state index contributed by atoms with van der Waals surface area (Å²) in [6.45, 7) is 8.96. The number of hydroxylamine groups is 1. The molecule has 5 atom stereocenters. The molecule has 54 heavy (non-hydrogen) atoms. The summed E-state index contributed by atoms with van der Waals surface area (Å²) < 4.78 is 25.8. The van der Waals surface area contributed by atoms with E-state index in [9.17, 15) is 28.4 Å². The summed E-state index contributed by atoms with van der Waals surface area (Å²) in [4.78, 5) is 77.3. The number of amides is 5. The fourth-order valence-electron chi connectivity index (χ4n) is 7.35. The maximum atomic E-state index is 14.5. The molecule has 0 bridgehead atoms. The number of benzene rings is 2. The molecule has 3 aliphatic heterocycles. The molecule has 1 saturated heterocycles. The Balaban J connectivity index is 1.24. The number of carbonyl (C=O) groups excluding carboxylic acids is 5. The van der Waals surface area contributed by atoms with Gasteiger partial charge in [0, 0.05) is 24.4 Å². The van der Waals surface area contributed by atoms with Crippen molar-refractivity contribution in [2.24, 2.45) is 5.92 Å². The van der Waals surface area contributed by atoms with Gasteiger partial charge in [0.15, 0.2) is 5.75 Å². The molecular formula is C40H50FN5O8. The largest absolute Gasteiger partial charge is 0.444 e. The van der Waals surface area contributed by atoms with Crippen LogP contribution in [0.5, 0.6) is 5.75 Å². The number of hydrogen-bond acceptors (Lipinski definition) is 8. The minimum Gasteiger partial charge on any atom is -0.444 e. The molecule has 4 aliphatic rings. The number of halogens is 1. The highest BCUT2D eigenvalue weighted by molar-refractivity contribution is 5.98. The van der Waals surface area contributed by atoms with Gasteiger partial charge in [-0.2, -0.15) is 5.48 Å². The highest BCUT2D eigenvalue weighted by Crippen LogP contribution is 2.45. The molecule has 0 radical (unpaired) electrons. The number of rotatable bonds is 5. The van der Waals surface area contributed by atoms with Crippen LogP contribution in [0.1, 0.15) is 88.0 Å². The monoisotopic (exact) mass is 747 g/mol. The molecule has 3 N–H and O–H groups in total. The van der Waals surface area contributed by atoms with E-state index in [0.717, 1.165) is 30.4 Å². The Morgan fingerprint density at radius 1 is 1.04 bits per heavy atom. The molecule has 6 rings (SSSR count). The van der Waals surface area contributed by atoms with E-state index in [1.54, 1.807) is 39.0 Å². The Labute approximate surface area is 314 Å². The number of nitrogens with zero attached hydrogens (tertiary/aromatic N) is 2. The molecule has 290 valence electrons. The Kier molecular flexibility index (Phi) is 11.2. The van der Waals surface area contributed by atoms with Gasteiger partial charge in [0.25, 0.3) is 5.91 Å². The normalized spacial score (nSPS) is 25.6. The van der Waals surface area contributed by atoms with Crippen LogP contribution < -0.4 is 21.0 Å². The van der Waals surface area contributed by atoms with Gasteiger partial charge in [-0.25, -0.2) is 14.0 Å². The second kappa shape index (κ2) is 15.7. The van der Waals surface area contributed by atoms with E-state index in [1.807, 2.05) is 38.1 Å². The van der Waals surface area contributed by atoms with Crippen LogP contribution in [0.3, 0.4) is 0 Å². The Morgan fingerprint density at radius 3 is 2.59 bits per heavy atom. The molecule has 14 heteroatoms. The van der Waals surface area contributed by atoms with Crippen molar-refractivity contribution in [1.29, 1.82) is 0 Å². The molecule has 2 aromatic rings. The summed E-state index contributed by atoms with van der Waals surface area (Å²) in [5.41, 5.74) is 3.23. The van der Waals surface area contributed by atoms with Gasteiger partial charge in [-0.15, -0.1) is 0 Å². The van der Waals surface area contributed by atoms with E-state index in [2.05, 4.69) is 16.1 Å². The smallest absolute Gasteiger partial charge is 0.410 e. The van der Waals surface area contributed by atoms with Crippen molar-refractivity contribution in [2.45, 2.75) is 122 Å². The molecule has 13 nitrogen and oxygen atoms in total. The molecule has 2 aromatic carbocycles. The lowest BCUT2D eigenvalue weighted by molar-refractivity contribution is -0.142. The number of alkyl carbamates (subject to hydrolysis) is 1. The van der Waals surface area contributed by atoms with Gasteiger partial charge < -0.3 is 29.8 Å². The van der Waals surface area contributed by atoms with Gasteiger partial charge in [0.1, 0.15) is 35.1 Å². The minimum absolute atomic E-state index is 0.0265. The number of ether oxygens (including phenoxy) is 2. The third-order valence-corrected chi connectivity index (χ3v) is 10.4. The van der Waals surface area contributed by atoms with Crippen molar-refractivity contribution < 1.29 is 42.7 Å². The van der Waals surface area contributed by atoms with Gasteiger partial charge >= 0.3 is 12.2 Å². The van der Waals surface area contributed by atoms with Gasteiger partial charge in [-0.05, 0) is 89.1 Å². The predicted molar refractivity (Wildman–Crippen MR) is 195 cm³/mol. The molecule has 5 amide bonds. The molecule has 3 heterocycles. The lowest BCUT2D eigenvalue weighted by atomic mass is 10.0. The fraction of sp³-hybridized carbons (Fsp3) is 0.525. The number of allylic oxidation sites excluding steroid dienone is 1. The molecular weight excluding hydrogens is 697 g/mol. The van der Waals surface area contributed by atoms with E-state index < -0.39 is 65.1 Å². The van der Waals surface area contributed by atoms with Gasteiger partial charge in [-0.3, -0.25) is 19.3 Å². The first-order valence-electron chi connectivity index (χ1n) is 18.7. The van der Waals surface area contributed by atoms with Crippen molar-refractivity contribution >= 4 is 29.9 Å². The highest BCUT2D eigenvalue weighted by Gasteiger charge is 2.61. The number of hydrogen-bond donors (Lipinski definition) is 3. The number of fused-ring (bicyclic) bond motifs is 3. The van der Waals surface area contributed by atoms with Crippen LogP contribution in [-0.2, 0) is 36.9 Å². The maximum absolute atomic E-state index is 14.5. The standard InChI is InChI=1S/C40H50FN5O8/c1-24-16-17-25(2)33(18-24)54-44-36(49)40-20-27(40)13-9-7-6-8-10-15-31(42-37(50)53-39(3,4)5)35(48)46-22-28(19-32(46)34(47)43-40)52-38(51)45-21-26-12-11-14-30(41)29(26)23-45/h9,11-14,16-18,27-28,31-32H,6-8,10,15,19-23H2,1-5H3,(H,42,50)(H,43,47)(H,44,49)/t27-,28-,31+,32+,40-/m1/s1. The summed E-state index contributed by atoms with van der Waals surface area (Å²) in [7, 11) is 0. The molecule has 1 saturated carbocycles. The van der Waals surface area contributed by atoms with E-state index in [0.29, 0.717) is 36.1 Å². The second-order valence-electron chi connectivity index (χ2n) is 15.8. The number of nitrogens with one attached hydrogen (secondary N) is 3. The van der Waals surface area contributed by atoms with E-state index in [4.69, 9.17) is 14.3 Å². The van der Waals surface area contributed by atoms with Crippen LogP contribution in [-0.4, -0.2) is 75.6 Å². The lowest BCUT2D eigenvalue weighted by Gasteiger charge is -2.30. The predicted octanol–water partition coefficient (Wildman–Crippen LogP) is 5.26. The molecule has 0 unspecified atom stereocenters. The Hall–Kier alpha value is -5.14. The van der Waals surface area contributed by atoms with Crippen LogP contribution in [0.25, 0.3) is 0 Å². The third kappa shape index (κ3) is 8.79. The minimum atomic E-state index is -1.35. The molecule has 0 aromatic heterocycles. The summed E-state index contributed by atoms with van der Waals surface area (Å²) in [5, 5.41) is 5.66. The number of carbonyl (C=O) groups is 5. The topological polar surface area (TPSA) is 156 Å². The zero-order valence-corrected chi connectivity index (χ0v) is 31.5. The first-order chi connectivity index (χ1) is 25.6. The summed E-state index contributed by atoms with van der Waals surface area (Å²) in [6.07, 6.45) is 5.01. The first-order valence-corrected chi connectivity index (χ1v) is 18.7. The van der Waals surface area contributed by atoms with Crippen molar-refractivity contribution in [3.8, 4) is 5.75 Å². The van der Waals surface area contributed by atoms with Crippen LogP contribution in [0.15, 0.2) is 48.6 Å². The zero-order chi connectivity index (χ0) is 38.8. The molecule has 0 spiro atoms. The van der Waals surface area contributed by atoms with E-state index in [1.165, 1.54) is 15.9 Å². The summed E-state index contributed by atoms with van der Waals surface area (Å²) >= 11 is 0. The highest BCUT2D eigenvalue weighted by atomic mass is 19.1. The van der Waals surface area contributed by atoms with Crippen LogP contribution in [0.2, 0.25) is 0 Å². The summed E-state index contributed by atoms with van der Waals surface area (Å²) in [5.74, 6) is -1.95.